The van der Waals surface area contributed by atoms with Crippen molar-refractivity contribution in [2.24, 2.45) is 0 Å². The van der Waals surface area contributed by atoms with Crippen molar-refractivity contribution in [2.75, 3.05) is 14.2 Å². The van der Waals surface area contributed by atoms with Gasteiger partial charge in [-0.2, -0.15) is 0 Å². The number of thiophene rings is 1. The van der Waals surface area contributed by atoms with Crippen LogP contribution in [0.3, 0.4) is 0 Å². The van der Waals surface area contributed by atoms with Crippen LogP contribution in [0.2, 0.25) is 0 Å². The van der Waals surface area contributed by atoms with Gasteiger partial charge in [0.05, 0.1) is 30.9 Å². The zero-order valence-electron chi connectivity index (χ0n) is 19.2. The summed E-state index contributed by atoms with van der Waals surface area (Å²) < 4.78 is 13.0. The molecule has 3 aromatic heterocycles. The first-order valence-electron chi connectivity index (χ1n) is 11.4. The first-order valence-corrected chi connectivity index (χ1v) is 13.3. The molecule has 3 heterocycles. The predicted molar refractivity (Wildman–Crippen MR) is 134 cm³/mol. The molecule has 0 radical (unpaired) electrons. The molecule has 1 aliphatic carbocycles. The first-order chi connectivity index (χ1) is 16.7. The molecule has 0 amide bonds. The maximum absolute atomic E-state index is 12.7. The number of fused-ring (bicyclic) bond motifs is 1. The van der Waals surface area contributed by atoms with Crippen LogP contribution >= 0.6 is 23.1 Å². The number of nitrogens with one attached hydrogen (secondary N) is 1. The van der Waals surface area contributed by atoms with E-state index < -0.39 is 0 Å². The number of nitrogens with zero attached hydrogens (tertiary/aromatic N) is 4. The normalized spacial score (nSPS) is 14.5. The van der Waals surface area contributed by atoms with Gasteiger partial charge in [-0.05, 0) is 30.4 Å². The van der Waals surface area contributed by atoms with Crippen LogP contribution in [0, 0.1) is 0 Å². The summed E-state index contributed by atoms with van der Waals surface area (Å²) in [7, 11) is 3.12. The Hall–Kier alpha value is -2.85. The Morgan fingerprint density at radius 3 is 2.68 bits per heavy atom. The topological polar surface area (TPSA) is 94.9 Å². The van der Waals surface area contributed by atoms with Gasteiger partial charge in [0.25, 0.3) is 5.56 Å². The lowest BCUT2D eigenvalue weighted by Gasteiger charge is -2.25. The second-order valence-electron chi connectivity index (χ2n) is 8.34. The number of methoxy groups -OCH3 is 2. The van der Waals surface area contributed by atoms with Crippen LogP contribution in [-0.2, 0) is 12.2 Å². The lowest BCUT2D eigenvalue weighted by atomic mass is 9.95. The van der Waals surface area contributed by atoms with Crippen molar-refractivity contribution in [3.05, 3.63) is 56.5 Å². The van der Waals surface area contributed by atoms with Crippen molar-refractivity contribution in [3.63, 3.8) is 0 Å². The molecular formula is C24H27N5O3S2. The average molecular weight is 498 g/mol. The third-order valence-electron chi connectivity index (χ3n) is 6.19. The molecule has 0 aliphatic heterocycles. The zero-order valence-corrected chi connectivity index (χ0v) is 20.9. The molecule has 1 fully saturated rings. The molecule has 178 valence electrons. The van der Waals surface area contributed by atoms with Gasteiger partial charge in [0.1, 0.15) is 11.6 Å². The minimum atomic E-state index is -0.200. The smallest absolute Gasteiger partial charge is 0.258 e. The fourth-order valence-corrected chi connectivity index (χ4v) is 6.11. The predicted octanol–water partition coefficient (Wildman–Crippen LogP) is 4.98. The van der Waals surface area contributed by atoms with Crippen LogP contribution in [0.4, 0.5) is 0 Å². The van der Waals surface area contributed by atoms with E-state index in [9.17, 15) is 4.79 Å². The standard InChI is InChI=1S/C24H27N5O3S2/c1-31-19-12-17-18(13-20(19)32-2)25-21(26-23(17)30)14-34-24-28-27-22(11-16-9-6-10-33-16)29(24)15-7-4-3-5-8-15/h6,9-10,12-13,15H,3-5,7-8,11,14H2,1-2H3,(H,25,26,30). The molecule has 0 spiro atoms. The Labute approximate surface area is 205 Å². The van der Waals surface area contributed by atoms with Crippen LogP contribution < -0.4 is 15.0 Å². The van der Waals surface area contributed by atoms with E-state index in [-0.39, 0.29) is 5.56 Å². The molecule has 8 nitrogen and oxygen atoms in total. The number of aromatic nitrogens is 5. The van der Waals surface area contributed by atoms with Crippen molar-refractivity contribution in [1.82, 2.24) is 24.7 Å². The molecule has 1 saturated carbocycles. The van der Waals surface area contributed by atoms with Gasteiger partial charge in [0.2, 0.25) is 0 Å². The van der Waals surface area contributed by atoms with Gasteiger partial charge in [0.15, 0.2) is 16.7 Å². The highest BCUT2D eigenvalue weighted by Gasteiger charge is 2.23. The van der Waals surface area contributed by atoms with Crippen molar-refractivity contribution in [2.45, 2.75) is 55.5 Å². The molecule has 1 aromatic carbocycles. The highest BCUT2D eigenvalue weighted by Crippen LogP contribution is 2.34. The Kier molecular flexibility index (Phi) is 6.87. The molecule has 0 unspecified atom stereocenters. The number of hydrogen-bond donors (Lipinski definition) is 1. The molecule has 1 aliphatic rings. The number of hydrogen-bond acceptors (Lipinski definition) is 8. The minimum absolute atomic E-state index is 0.200. The van der Waals surface area contributed by atoms with Gasteiger partial charge < -0.3 is 19.0 Å². The number of benzene rings is 1. The molecule has 34 heavy (non-hydrogen) atoms. The Morgan fingerprint density at radius 2 is 1.94 bits per heavy atom. The summed E-state index contributed by atoms with van der Waals surface area (Å²) in [6.07, 6.45) is 6.84. The summed E-state index contributed by atoms with van der Waals surface area (Å²) in [4.78, 5) is 21.6. The maximum atomic E-state index is 12.7. The van der Waals surface area contributed by atoms with E-state index in [4.69, 9.17) is 9.47 Å². The highest BCUT2D eigenvalue weighted by molar-refractivity contribution is 7.98. The van der Waals surface area contributed by atoms with Crippen LogP contribution in [0.25, 0.3) is 10.9 Å². The summed E-state index contributed by atoms with van der Waals surface area (Å²) in [5.41, 5.74) is 0.373. The molecule has 0 atom stereocenters. The summed E-state index contributed by atoms with van der Waals surface area (Å²) in [5, 5.41) is 12.6. The minimum Gasteiger partial charge on any atom is -0.493 e. The largest absolute Gasteiger partial charge is 0.493 e. The molecular weight excluding hydrogens is 470 g/mol. The van der Waals surface area contributed by atoms with Gasteiger partial charge in [-0.3, -0.25) is 4.79 Å². The summed E-state index contributed by atoms with van der Waals surface area (Å²) in [6, 6.07) is 8.03. The number of H-pyrrole nitrogens is 1. The molecule has 10 heteroatoms. The quantitative estimate of drug-likeness (QED) is 0.343. The van der Waals surface area contributed by atoms with Gasteiger partial charge in [0, 0.05) is 23.4 Å². The number of rotatable bonds is 8. The summed E-state index contributed by atoms with van der Waals surface area (Å²) >= 11 is 3.31. The molecule has 4 aromatic rings. The van der Waals surface area contributed by atoms with Gasteiger partial charge in [-0.1, -0.05) is 37.1 Å². The number of aromatic amines is 1. The third kappa shape index (κ3) is 4.69. The van der Waals surface area contributed by atoms with Crippen LogP contribution in [0.15, 0.2) is 39.6 Å². The summed E-state index contributed by atoms with van der Waals surface area (Å²) in [6.45, 7) is 0. The zero-order chi connectivity index (χ0) is 23.5. The fraction of sp³-hybridized carbons (Fsp3) is 0.417. The van der Waals surface area contributed by atoms with Crippen LogP contribution in [0.1, 0.15) is 54.7 Å². The van der Waals surface area contributed by atoms with Crippen LogP contribution in [-0.4, -0.2) is 39.0 Å². The van der Waals surface area contributed by atoms with Crippen molar-refractivity contribution < 1.29 is 9.47 Å². The molecule has 0 saturated heterocycles. The second kappa shape index (κ2) is 10.2. The van der Waals surface area contributed by atoms with E-state index >= 15 is 0 Å². The van der Waals surface area contributed by atoms with E-state index in [0.29, 0.717) is 40.0 Å². The lowest BCUT2D eigenvalue weighted by Crippen LogP contribution is -2.17. The number of ether oxygens (including phenoxy) is 2. The van der Waals surface area contributed by atoms with Gasteiger partial charge in [-0.15, -0.1) is 21.5 Å². The van der Waals surface area contributed by atoms with Crippen LogP contribution in [0.5, 0.6) is 11.5 Å². The van der Waals surface area contributed by atoms with E-state index in [1.165, 1.54) is 24.1 Å². The highest BCUT2D eigenvalue weighted by atomic mass is 32.2. The Balaban J connectivity index is 1.43. The molecule has 0 bridgehead atoms. The van der Waals surface area contributed by atoms with E-state index in [2.05, 4.69) is 42.2 Å². The molecule has 1 N–H and O–H groups in total. The van der Waals surface area contributed by atoms with E-state index in [0.717, 1.165) is 30.2 Å². The molecule has 5 rings (SSSR count). The monoisotopic (exact) mass is 497 g/mol. The summed E-state index contributed by atoms with van der Waals surface area (Å²) in [5.74, 6) is 3.13. The van der Waals surface area contributed by atoms with Gasteiger partial charge >= 0.3 is 0 Å². The van der Waals surface area contributed by atoms with Gasteiger partial charge in [-0.25, -0.2) is 4.98 Å². The van der Waals surface area contributed by atoms with Crippen molar-refractivity contribution in [1.29, 1.82) is 0 Å². The SMILES string of the molecule is COc1cc2nc(CSc3nnc(Cc4cccs4)n3C3CCCCC3)[nH]c(=O)c2cc1OC. The lowest BCUT2D eigenvalue weighted by molar-refractivity contribution is 0.330. The second-order valence-corrected chi connectivity index (χ2v) is 10.3. The van der Waals surface area contributed by atoms with E-state index in [1.807, 2.05) is 0 Å². The number of thioether (sulfide) groups is 1. The maximum Gasteiger partial charge on any atom is 0.258 e. The van der Waals surface area contributed by atoms with Crippen molar-refractivity contribution >= 4 is 34.0 Å². The first kappa shape index (κ1) is 22.9. The third-order valence-corrected chi connectivity index (χ3v) is 8.02. The Morgan fingerprint density at radius 1 is 1.15 bits per heavy atom. The average Bonchev–Trinajstić information content (AvgIpc) is 3.52. The van der Waals surface area contributed by atoms with E-state index in [1.54, 1.807) is 49.5 Å². The Bertz CT molecular complexity index is 1330. The van der Waals surface area contributed by atoms with Crippen molar-refractivity contribution in [3.8, 4) is 11.5 Å². The fourth-order valence-electron chi connectivity index (χ4n) is 4.52.